The maximum absolute atomic E-state index is 12.6. The van der Waals surface area contributed by atoms with Gasteiger partial charge in [0.05, 0.1) is 6.04 Å². The molecule has 1 N–H and O–H groups in total. The molecule has 1 amide bonds. The molecule has 0 aliphatic carbocycles. The number of thiazole rings is 1. The van der Waals surface area contributed by atoms with Crippen molar-refractivity contribution >= 4 is 17.2 Å². The number of rotatable bonds is 4. The Balaban J connectivity index is 1.86. The number of nitrogens with one attached hydrogen (secondary N) is 1. The molecule has 25 heavy (non-hydrogen) atoms. The molecule has 7 heteroatoms. The van der Waals surface area contributed by atoms with Gasteiger partial charge in [-0.25, -0.2) is 9.97 Å². The zero-order valence-corrected chi connectivity index (χ0v) is 15.0. The van der Waals surface area contributed by atoms with Gasteiger partial charge in [-0.3, -0.25) is 9.59 Å². The molecule has 0 spiro atoms. The van der Waals surface area contributed by atoms with Crippen LogP contribution in [0, 0.1) is 6.92 Å². The Bertz CT molecular complexity index is 932. The monoisotopic (exact) mass is 354 g/mol. The summed E-state index contributed by atoms with van der Waals surface area (Å²) in [4.78, 5) is 37.7. The molecule has 0 bridgehead atoms. The van der Waals surface area contributed by atoms with Gasteiger partial charge in [0.15, 0.2) is 0 Å². The molecule has 0 saturated heterocycles. The molecule has 6 nitrogen and oxygen atoms in total. The molecule has 0 unspecified atom stereocenters. The summed E-state index contributed by atoms with van der Waals surface area (Å²) >= 11 is 1.47. The molecule has 0 saturated carbocycles. The number of carbonyl (C=O) groups is 1. The summed E-state index contributed by atoms with van der Waals surface area (Å²) in [5.41, 5.74) is 1.48. The molecule has 1 atom stereocenters. The van der Waals surface area contributed by atoms with Crippen LogP contribution >= 0.6 is 11.3 Å². The molecule has 128 valence electrons. The van der Waals surface area contributed by atoms with Gasteiger partial charge in [0.2, 0.25) is 0 Å². The minimum Gasteiger partial charge on any atom is -0.332 e. The Morgan fingerprint density at radius 2 is 1.96 bits per heavy atom. The van der Waals surface area contributed by atoms with Crippen molar-refractivity contribution in [2.45, 2.75) is 19.9 Å². The molecule has 0 aliphatic heterocycles. The Morgan fingerprint density at radius 3 is 2.56 bits per heavy atom. The van der Waals surface area contributed by atoms with Crippen LogP contribution in [0.3, 0.4) is 0 Å². The van der Waals surface area contributed by atoms with E-state index in [4.69, 9.17) is 0 Å². The molecule has 0 fully saturated rings. The van der Waals surface area contributed by atoms with Gasteiger partial charge in [0.1, 0.15) is 16.4 Å². The van der Waals surface area contributed by atoms with E-state index in [-0.39, 0.29) is 17.5 Å². The lowest BCUT2D eigenvalue weighted by Crippen LogP contribution is -2.34. The Labute approximate surface area is 149 Å². The van der Waals surface area contributed by atoms with Gasteiger partial charge in [0, 0.05) is 30.4 Å². The van der Waals surface area contributed by atoms with E-state index in [0.29, 0.717) is 5.82 Å². The second-order valence-electron chi connectivity index (χ2n) is 5.80. The van der Waals surface area contributed by atoms with Crippen LogP contribution in [0.15, 0.2) is 46.8 Å². The minimum atomic E-state index is -0.450. The summed E-state index contributed by atoms with van der Waals surface area (Å²) < 4.78 is 0. The third kappa shape index (κ3) is 3.51. The van der Waals surface area contributed by atoms with Crippen molar-refractivity contribution in [1.29, 1.82) is 0 Å². The lowest BCUT2D eigenvalue weighted by atomic mass is 10.1. The van der Waals surface area contributed by atoms with E-state index in [1.54, 1.807) is 13.2 Å². The fraction of sp³-hybridized carbons (Fsp3) is 0.222. The van der Waals surface area contributed by atoms with Gasteiger partial charge >= 0.3 is 0 Å². The first kappa shape index (κ1) is 17.0. The van der Waals surface area contributed by atoms with E-state index < -0.39 is 5.56 Å². The fourth-order valence-electron chi connectivity index (χ4n) is 2.38. The molecular formula is C18H18N4O2S. The Hall–Kier alpha value is -2.80. The van der Waals surface area contributed by atoms with E-state index in [2.05, 4.69) is 15.0 Å². The number of nitrogens with zero attached hydrogens (tertiary/aromatic N) is 3. The normalized spacial score (nSPS) is 12.0. The zero-order chi connectivity index (χ0) is 18.0. The topological polar surface area (TPSA) is 79.0 Å². The van der Waals surface area contributed by atoms with E-state index in [9.17, 15) is 9.59 Å². The largest absolute Gasteiger partial charge is 0.332 e. The standard InChI is InChI=1S/C18H18N4O2S/c1-11-4-6-13(7-5-11)15-20-10-14(16(23)21-15)18(24)22(3)12(2)17-19-8-9-25-17/h4-10,12H,1-3H3,(H,20,21,23)/t12-/m0/s1. The maximum atomic E-state index is 12.6. The third-order valence-electron chi connectivity index (χ3n) is 4.06. The van der Waals surface area contributed by atoms with Crippen LogP contribution in [0.25, 0.3) is 11.4 Å². The number of carbonyl (C=O) groups excluding carboxylic acids is 1. The summed E-state index contributed by atoms with van der Waals surface area (Å²) in [6, 6.07) is 7.43. The lowest BCUT2D eigenvalue weighted by molar-refractivity contribution is 0.0740. The first-order valence-corrected chi connectivity index (χ1v) is 8.68. The zero-order valence-electron chi connectivity index (χ0n) is 14.2. The molecule has 3 aromatic rings. The predicted molar refractivity (Wildman–Crippen MR) is 97.7 cm³/mol. The van der Waals surface area contributed by atoms with Crippen molar-refractivity contribution in [3.05, 3.63) is 68.5 Å². The number of benzene rings is 1. The van der Waals surface area contributed by atoms with Crippen molar-refractivity contribution in [2.24, 2.45) is 0 Å². The van der Waals surface area contributed by atoms with Crippen LogP contribution in [0.4, 0.5) is 0 Å². The number of H-pyrrole nitrogens is 1. The highest BCUT2D eigenvalue weighted by Gasteiger charge is 2.23. The van der Waals surface area contributed by atoms with Crippen LogP contribution in [0.5, 0.6) is 0 Å². The first-order chi connectivity index (χ1) is 12.0. The highest BCUT2D eigenvalue weighted by Crippen LogP contribution is 2.22. The molecule has 3 rings (SSSR count). The van der Waals surface area contributed by atoms with Gasteiger partial charge in [-0.2, -0.15) is 0 Å². The van der Waals surface area contributed by atoms with Gasteiger partial charge in [-0.05, 0) is 13.8 Å². The highest BCUT2D eigenvalue weighted by atomic mass is 32.1. The van der Waals surface area contributed by atoms with Crippen LogP contribution in [-0.4, -0.2) is 32.8 Å². The maximum Gasteiger partial charge on any atom is 0.264 e. The Morgan fingerprint density at radius 1 is 1.24 bits per heavy atom. The number of aromatic amines is 1. The lowest BCUT2D eigenvalue weighted by Gasteiger charge is -2.22. The molecule has 2 heterocycles. The van der Waals surface area contributed by atoms with Crippen molar-refractivity contribution < 1.29 is 4.79 Å². The molecule has 2 aromatic heterocycles. The minimum absolute atomic E-state index is 0.0155. The van der Waals surface area contributed by atoms with Crippen molar-refractivity contribution in [1.82, 2.24) is 19.9 Å². The third-order valence-corrected chi connectivity index (χ3v) is 5.01. The summed E-state index contributed by atoms with van der Waals surface area (Å²) in [5.74, 6) is 0.0593. The molecule has 1 aromatic carbocycles. The quantitative estimate of drug-likeness (QED) is 0.781. The van der Waals surface area contributed by atoms with Gasteiger partial charge in [0.25, 0.3) is 11.5 Å². The van der Waals surface area contributed by atoms with Crippen LogP contribution in [0.2, 0.25) is 0 Å². The summed E-state index contributed by atoms with van der Waals surface area (Å²) in [6.45, 7) is 3.86. The van der Waals surface area contributed by atoms with Crippen molar-refractivity contribution in [3.8, 4) is 11.4 Å². The molecule has 0 radical (unpaired) electrons. The number of hydrogen-bond acceptors (Lipinski definition) is 5. The Kier molecular flexibility index (Phi) is 4.76. The molecule has 0 aliphatic rings. The first-order valence-electron chi connectivity index (χ1n) is 7.80. The average Bonchev–Trinajstić information content (AvgIpc) is 3.15. The van der Waals surface area contributed by atoms with E-state index in [1.165, 1.54) is 22.4 Å². The second kappa shape index (κ2) is 6.98. The van der Waals surface area contributed by atoms with Gasteiger partial charge in [-0.1, -0.05) is 29.8 Å². The number of aryl methyl sites for hydroxylation is 1. The van der Waals surface area contributed by atoms with Gasteiger partial charge < -0.3 is 9.88 Å². The SMILES string of the molecule is Cc1ccc(-c2ncc(C(=O)N(C)[C@@H](C)c3nccs3)c(=O)[nH]2)cc1. The van der Waals surface area contributed by atoms with Gasteiger partial charge in [-0.15, -0.1) is 11.3 Å². The summed E-state index contributed by atoms with van der Waals surface area (Å²) in [7, 11) is 1.65. The summed E-state index contributed by atoms with van der Waals surface area (Å²) in [5, 5.41) is 2.67. The highest BCUT2D eigenvalue weighted by molar-refractivity contribution is 7.09. The van der Waals surface area contributed by atoms with E-state index in [1.807, 2.05) is 43.5 Å². The second-order valence-corrected chi connectivity index (χ2v) is 6.73. The van der Waals surface area contributed by atoms with Crippen LogP contribution in [0.1, 0.15) is 33.9 Å². The van der Waals surface area contributed by atoms with E-state index in [0.717, 1.165) is 16.1 Å². The van der Waals surface area contributed by atoms with Crippen LogP contribution < -0.4 is 5.56 Å². The number of hydrogen-bond donors (Lipinski definition) is 1. The summed E-state index contributed by atoms with van der Waals surface area (Å²) in [6.07, 6.45) is 3.03. The predicted octanol–water partition coefficient (Wildman–Crippen LogP) is 3.04. The number of aromatic nitrogens is 3. The fourth-order valence-corrected chi connectivity index (χ4v) is 3.12. The number of amides is 1. The van der Waals surface area contributed by atoms with Crippen molar-refractivity contribution in [3.63, 3.8) is 0 Å². The molecular weight excluding hydrogens is 336 g/mol. The van der Waals surface area contributed by atoms with Crippen LogP contribution in [-0.2, 0) is 0 Å². The van der Waals surface area contributed by atoms with Crippen molar-refractivity contribution in [2.75, 3.05) is 7.05 Å². The smallest absolute Gasteiger partial charge is 0.264 e. The average molecular weight is 354 g/mol. The van der Waals surface area contributed by atoms with E-state index >= 15 is 0 Å².